The van der Waals surface area contributed by atoms with E-state index in [0.29, 0.717) is 5.41 Å². The van der Waals surface area contributed by atoms with Crippen molar-refractivity contribution in [3.63, 3.8) is 0 Å². The number of carbonyl (C=O) groups excluding carboxylic acids is 1. The number of hydrogen-bond acceptors (Lipinski definition) is 6. The third kappa shape index (κ3) is 3.71. The van der Waals surface area contributed by atoms with Crippen LogP contribution in [0, 0.1) is 23.2 Å². The average molecular weight is 370 g/mol. The van der Waals surface area contributed by atoms with Gasteiger partial charge in [-0.05, 0) is 68.1 Å². The van der Waals surface area contributed by atoms with Crippen molar-refractivity contribution < 1.29 is 4.79 Å². The lowest BCUT2D eigenvalue weighted by Crippen LogP contribution is -2.46. The molecule has 4 fully saturated rings. The lowest BCUT2D eigenvalue weighted by atomic mass is 9.49. The molecule has 4 bridgehead atoms. The first-order chi connectivity index (χ1) is 11.1. The predicted octanol–water partition coefficient (Wildman–Crippen LogP) is 3.81. The topological polar surface area (TPSA) is 68.9 Å². The van der Waals surface area contributed by atoms with Gasteiger partial charge in [-0.1, -0.05) is 34.9 Å². The van der Waals surface area contributed by atoms with E-state index in [9.17, 15) is 4.79 Å². The van der Waals surface area contributed by atoms with Gasteiger partial charge in [0, 0.05) is 5.75 Å². The summed E-state index contributed by atoms with van der Waals surface area (Å²) >= 11 is 4.81. The Labute approximate surface area is 149 Å². The van der Waals surface area contributed by atoms with Crippen molar-refractivity contribution in [2.45, 2.75) is 53.6 Å². The van der Waals surface area contributed by atoms with Gasteiger partial charge in [0.15, 0.2) is 8.68 Å². The summed E-state index contributed by atoms with van der Waals surface area (Å²) < 4.78 is 1.88. The van der Waals surface area contributed by atoms with Gasteiger partial charge in [-0.3, -0.25) is 4.79 Å². The Morgan fingerprint density at radius 3 is 2.22 bits per heavy atom. The normalized spacial score (nSPS) is 34.9. The summed E-state index contributed by atoms with van der Waals surface area (Å²) in [6.45, 7) is 0. The van der Waals surface area contributed by atoms with Gasteiger partial charge in [0.1, 0.15) is 0 Å². The molecule has 0 unspecified atom stereocenters. The zero-order chi connectivity index (χ0) is 15.9. The molecule has 1 aromatic heterocycles. The van der Waals surface area contributed by atoms with Crippen molar-refractivity contribution in [1.29, 1.82) is 0 Å². The van der Waals surface area contributed by atoms with Crippen LogP contribution in [0.15, 0.2) is 8.68 Å². The third-order valence-corrected chi connectivity index (χ3v) is 8.96. The smallest absolute Gasteiger partial charge is 0.227 e. The van der Waals surface area contributed by atoms with Crippen LogP contribution in [0.3, 0.4) is 0 Å². The molecule has 4 nitrogen and oxygen atoms in total. The number of rotatable bonds is 7. The summed E-state index contributed by atoms with van der Waals surface area (Å²) in [5.74, 6) is 4.23. The van der Waals surface area contributed by atoms with E-state index in [1.807, 2.05) is 11.8 Å². The molecule has 1 aromatic rings. The van der Waals surface area contributed by atoms with Crippen LogP contribution in [0.5, 0.6) is 0 Å². The van der Waals surface area contributed by atoms with Crippen molar-refractivity contribution in [3.05, 3.63) is 0 Å². The van der Waals surface area contributed by atoms with Crippen LogP contribution in [0.2, 0.25) is 0 Å². The molecule has 2 N–H and O–H groups in total. The molecule has 0 aromatic carbocycles. The Balaban J connectivity index is 1.28. The van der Waals surface area contributed by atoms with Crippen LogP contribution < -0.4 is 5.73 Å². The van der Waals surface area contributed by atoms with Crippen LogP contribution >= 0.6 is 34.9 Å². The molecule has 7 heteroatoms. The van der Waals surface area contributed by atoms with E-state index in [1.165, 1.54) is 56.7 Å². The highest BCUT2D eigenvalue weighted by Crippen LogP contribution is 2.61. The second-order valence-electron chi connectivity index (χ2n) is 7.60. The number of thioether (sulfide) groups is 2. The lowest BCUT2D eigenvalue weighted by molar-refractivity contribution is -0.115. The molecule has 0 saturated heterocycles. The number of nitrogens with two attached hydrogens (primary N) is 1. The standard InChI is InChI=1S/C16H23N3OS3/c17-13(20)9-22-15-19-18-14(23-15)21-2-1-16-6-10-3-11(7-16)5-12(4-10)8-16/h10-12H,1-9H2,(H2,17,20). The van der Waals surface area contributed by atoms with Crippen LogP contribution in [-0.4, -0.2) is 27.6 Å². The number of hydrogen-bond donors (Lipinski definition) is 1. The molecular formula is C16H23N3OS3. The fraction of sp³-hybridized carbons (Fsp3) is 0.812. The average Bonchev–Trinajstić information content (AvgIpc) is 2.91. The minimum atomic E-state index is -0.304. The monoisotopic (exact) mass is 369 g/mol. The highest BCUT2D eigenvalue weighted by Gasteiger charge is 2.50. The largest absolute Gasteiger partial charge is 0.369 e. The molecular weight excluding hydrogens is 346 g/mol. The molecule has 0 spiro atoms. The summed E-state index contributed by atoms with van der Waals surface area (Å²) in [5.41, 5.74) is 5.81. The Kier molecular flexibility index (Phi) is 4.62. The zero-order valence-corrected chi connectivity index (χ0v) is 15.7. The minimum absolute atomic E-state index is 0.284. The number of aromatic nitrogens is 2. The van der Waals surface area contributed by atoms with E-state index >= 15 is 0 Å². The van der Waals surface area contributed by atoms with Gasteiger partial charge in [0.25, 0.3) is 0 Å². The van der Waals surface area contributed by atoms with Gasteiger partial charge >= 0.3 is 0 Å². The molecule has 0 atom stereocenters. The van der Waals surface area contributed by atoms with Gasteiger partial charge in [0.2, 0.25) is 5.91 Å². The summed E-state index contributed by atoms with van der Waals surface area (Å²) in [5, 5.41) is 8.37. The van der Waals surface area contributed by atoms with E-state index in [-0.39, 0.29) is 11.7 Å². The predicted molar refractivity (Wildman–Crippen MR) is 95.8 cm³/mol. The summed E-state index contributed by atoms with van der Waals surface area (Å²) in [7, 11) is 0. The number of primary amides is 1. The second kappa shape index (κ2) is 6.56. The molecule has 4 saturated carbocycles. The molecule has 23 heavy (non-hydrogen) atoms. The van der Waals surface area contributed by atoms with Crippen molar-refractivity contribution in [2.75, 3.05) is 11.5 Å². The Morgan fingerprint density at radius 1 is 1.09 bits per heavy atom. The van der Waals surface area contributed by atoms with Gasteiger partial charge in [0.05, 0.1) is 5.75 Å². The maximum Gasteiger partial charge on any atom is 0.227 e. The van der Waals surface area contributed by atoms with Gasteiger partial charge in [-0.25, -0.2) is 0 Å². The first-order valence-corrected chi connectivity index (χ1v) is 11.3. The van der Waals surface area contributed by atoms with Gasteiger partial charge in [-0.2, -0.15) is 0 Å². The Bertz CT molecular complexity index is 554. The van der Waals surface area contributed by atoms with E-state index in [1.54, 1.807) is 11.3 Å². The molecule has 126 valence electrons. The second-order valence-corrected chi connectivity index (χ2v) is 11.1. The van der Waals surface area contributed by atoms with Crippen LogP contribution in [0.4, 0.5) is 0 Å². The van der Waals surface area contributed by atoms with Crippen molar-refractivity contribution in [1.82, 2.24) is 10.2 Å². The maximum absolute atomic E-state index is 10.8. The summed E-state index contributed by atoms with van der Waals surface area (Å²) in [6, 6.07) is 0. The SMILES string of the molecule is NC(=O)CSc1nnc(SCCC23CC4CC(CC(C4)C2)C3)s1. The first-order valence-electron chi connectivity index (χ1n) is 8.48. The molecule has 4 aliphatic carbocycles. The first kappa shape index (κ1) is 16.2. The maximum atomic E-state index is 10.8. The molecule has 0 radical (unpaired) electrons. The minimum Gasteiger partial charge on any atom is -0.369 e. The van der Waals surface area contributed by atoms with Crippen molar-refractivity contribution >= 4 is 40.8 Å². The lowest BCUT2D eigenvalue weighted by Gasteiger charge is -2.57. The van der Waals surface area contributed by atoms with E-state index in [0.717, 1.165) is 32.2 Å². The van der Waals surface area contributed by atoms with E-state index in [2.05, 4.69) is 10.2 Å². The van der Waals surface area contributed by atoms with E-state index < -0.39 is 0 Å². The van der Waals surface area contributed by atoms with Gasteiger partial charge < -0.3 is 5.73 Å². The molecule has 1 amide bonds. The number of amides is 1. The Morgan fingerprint density at radius 2 is 1.65 bits per heavy atom. The number of nitrogens with zero attached hydrogens (tertiary/aromatic N) is 2. The van der Waals surface area contributed by atoms with Crippen LogP contribution in [0.25, 0.3) is 0 Å². The molecule has 5 rings (SSSR count). The van der Waals surface area contributed by atoms with Gasteiger partial charge in [-0.15, -0.1) is 10.2 Å². The molecule has 0 aliphatic heterocycles. The van der Waals surface area contributed by atoms with Crippen LogP contribution in [0.1, 0.15) is 44.9 Å². The molecule has 4 aliphatic rings. The van der Waals surface area contributed by atoms with Crippen molar-refractivity contribution in [3.8, 4) is 0 Å². The fourth-order valence-electron chi connectivity index (χ4n) is 5.40. The highest BCUT2D eigenvalue weighted by molar-refractivity contribution is 8.03. The molecule has 1 heterocycles. The van der Waals surface area contributed by atoms with Crippen molar-refractivity contribution in [2.24, 2.45) is 28.9 Å². The van der Waals surface area contributed by atoms with Crippen LogP contribution in [-0.2, 0) is 4.79 Å². The third-order valence-electron chi connectivity index (χ3n) is 5.75. The highest BCUT2D eigenvalue weighted by atomic mass is 32.2. The summed E-state index contributed by atoms with van der Waals surface area (Å²) in [4.78, 5) is 10.8. The Hall–Kier alpha value is -0.270. The fourth-order valence-corrected chi connectivity index (χ4v) is 8.41. The quantitative estimate of drug-likeness (QED) is 0.740. The van der Waals surface area contributed by atoms with E-state index in [4.69, 9.17) is 5.73 Å². The zero-order valence-electron chi connectivity index (χ0n) is 13.2. The number of carbonyl (C=O) groups is 1. The summed E-state index contributed by atoms with van der Waals surface area (Å²) in [6.07, 6.45) is 10.3.